The summed E-state index contributed by atoms with van der Waals surface area (Å²) in [6.07, 6.45) is -4.00. The molecule has 0 radical (unpaired) electrons. The number of alkyl halides is 3. The zero-order chi connectivity index (χ0) is 28.3. The number of amides is 2. The second kappa shape index (κ2) is 11.3. The first-order chi connectivity index (χ1) is 16.8. The lowest BCUT2D eigenvalue weighted by molar-refractivity contribution is -0.140. The third kappa shape index (κ3) is 8.36. The van der Waals surface area contributed by atoms with E-state index < -0.39 is 57.4 Å². The van der Waals surface area contributed by atoms with Crippen LogP contribution in [-0.2, 0) is 32.3 Å². The van der Waals surface area contributed by atoms with E-state index in [2.05, 4.69) is 5.32 Å². The summed E-state index contributed by atoms with van der Waals surface area (Å²) in [7, 11) is -4.25. The lowest BCUT2D eigenvalue weighted by Crippen LogP contribution is -2.54. The molecule has 2 amide bonds. The van der Waals surface area contributed by atoms with Crippen LogP contribution in [0.5, 0.6) is 0 Å². The maximum atomic E-state index is 13.6. The predicted molar refractivity (Wildman–Crippen MR) is 138 cm³/mol. The summed E-state index contributed by atoms with van der Waals surface area (Å²) >= 11 is 6.08. The number of anilines is 1. The monoisotopic (exact) mass is 561 g/mol. The third-order valence-corrected chi connectivity index (χ3v) is 6.93. The minimum absolute atomic E-state index is 0.0296. The molecule has 0 heterocycles. The molecule has 0 saturated carbocycles. The molecular weight excluding hydrogens is 531 g/mol. The molecule has 0 spiro atoms. The third-order valence-electron chi connectivity index (χ3n) is 5.49. The molecule has 0 aliphatic rings. The van der Waals surface area contributed by atoms with Crippen LogP contribution in [0.3, 0.4) is 0 Å². The van der Waals surface area contributed by atoms with Crippen LogP contribution >= 0.6 is 11.6 Å². The molecule has 204 valence electrons. The molecule has 0 aliphatic heterocycles. The summed E-state index contributed by atoms with van der Waals surface area (Å²) in [6, 6.07) is 8.36. The van der Waals surface area contributed by atoms with Gasteiger partial charge in [-0.15, -0.1) is 0 Å². The normalized spacial score (nSPS) is 13.1. The van der Waals surface area contributed by atoms with Crippen molar-refractivity contribution in [2.45, 2.75) is 58.9 Å². The van der Waals surface area contributed by atoms with Gasteiger partial charge in [-0.2, -0.15) is 13.2 Å². The second-order valence-corrected chi connectivity index (χ2v) is 12.1. The van der Waals surface area contributed by atoms with Crippen molar-refractivity contribution in [2.75, 3.05) is 17.1 Å². The minimum Gasteiger partial charge on any atom is -0.350 e. The van der Waals surface area contributed by atoms with E-state index in [1.165, 1.54) is 11.8 Å². The van der Waals surface area contributed by atoms with Gasteiger partial charge in [0.25, 0.3) is 0 Å². The Morgan fingerprint density at radius 3 is 2.19 bits per heavy atom. The summed E-state index contributed by atoms with van der Waals surface area (Å²) in [4.78, 5) is 27.7. The fourth-order valence-electron chi connectivity index (χ4n) is 3.50. The number of carbonyl (C=O) groups is 2. The Labute approximate surface area is 220 Å². The molecule has 0 fully saturated rings. The average Bonchev–Trinajstić information content (AvgIpc) is 2.74. The molecule has 2 rings (SSSR count). The fraction of sp³-hybridized carbons (Fsp3) is 0.440. The molecule has 1 unspecified atom stereocenters. The van der Waals surface area contributed by atoms with E-state index in [4.69, 9.17) is 11.6 Å². The van der Waals surface area contributed by atoms with Crippen LogP contribution in [0, 0.1) is 6.92 Å². The van der Waals surface area contributed by atoms with E-state index in [9.17, 15) is 31.2 Å². The van der Waals surface area contributed by atoms with Gasteiger partial charge in [0.15, 0.2) is 0 Å². The highest BCUT2D eigenvalue weighted by molar-refractivity contribution is 7.92. The van der Waals surface area contributed by atoms with E-state index in [-0.39, 0.29) is 11.6 Å². The molecule has 7 nitrogen and oxygen atoms in total. The molecule has 12 heteroatoms. The Hall–Kier alpha value is -2.79. The molecule has 0 aliphatic carbocycles. The minimum atomic E-state index is -4.76. The smallest absolute Gasteiger partial charge is 0.350 e. The first-order valence-corrected chi connectivity index (χ1v) is 13.5. The molecule has 0 bridgehead atoms. The number of carbonyl (C=O) groups excluding carboxylic acids is 2. The Kier molecular flexibility index (Phi) is 9.30. The van der Waals surface area contributed by atoms with Crippen molar-refractivity contribution in [2.24, 2.45) is 0 Å². The van der Waals surface area contributed by atoms with Gasteiger partial charge in [0.2, 0.25) is 21.8 Å². The van der Waals surface area contributed by atoms with Crippen molar-refractivity contribution in [3.05, 3.63) is 64.2 Å². The van der Waals surface area contributed by atoms with Crippen LogP contribution in [0.1, 0.15) is 44.4 Å². The fourth-order valence-corrected chi connectivity index (χ4v) is 4.63. The van der Waals surface area contributed by atoms with Crippen molar-refractivity contribution in [3.8, 4) is 0 Å². The molecule has 2 aromatic rings. The maximum Gasteiger partial charge on any atom is 0.416 e. The number of hydrogen-bond acceptors (Lipinski definition) is 4. The second-order valence-electron chi connectivity index (χ2n) is 9.80. The first kappa shape index (κ1) is 30.4. The number of hydrogen-bond donors (Lipinski definition) is 1. The van der Waals surface area contributed by atoms with E-state index in [1.807, 2.05) is 19.1 Å². The molecule has 37 heavy (non-hydrogen) atoms. The predicted octanol–water partition coefficient (Wildman–Crippen LogP) is 4.77. The van der Waals surface area contributed by atoms with E-state index >= 15 is 0 Å². The van der Waals surface area contributed by atoms with Crippen molar-refractivity contribution in [1.29, 1.82) is 0 Å². The number of aryl methyl sites for hydroxylation is 1. The zero-order valence-corrected chi connectivity index (χ0v) is 23.1. The Morgan fingerprint density at radius 2 is 1.68 bits per heavy atom. The summed E-state index contributed by atoms with van der Waals surface area (Å²) in [5.41, 5.74) is -0.663. The molecule has 0 saturated heterocycles. The van der Waals surface area contributed by atoms with Gasteiger partial charge >= 0.3 is 6.18 Å². The molecule has 1 N–H and O–H groups in total. The highest BCUT2D eigenvalue weighted by atomic mass is 35.5. The highest BCUT2D eigenvalue weighted by Crippen LogP contribution is 2.36. The Balaban J connectivity index is 2.53. The lowest BCUT2D eigenvalue weighted by atomic mass is 10.1. The van der Waals surface area contributed by atoms with Crippen LogP contribution in [0.25, 0.3) is 0 Å². The largest absolute Gasteiger partial charge is 0.416 e. The van der Waals surface area contributed by atoms with Crippen LogP contribution in [-0.4, -0.2) is 49.5 Å². The summed E-state index contributed by atoms with van der Waals surface area (Å²) < 4.78 is 65.8. The number of nitrogens with zero attached hydrogens (tertiary/aromatic N) is 2. The number of halogens is 4. The van der Waals surface area contributed by atoms with Crippen LogP contribution in [0.2, 0.25) is 5.02 Å². The van der Waals surface area contributed by atoms with Gasteiger partial charge in [-0.3, -0.25) is 13.9 Å². The number of sulfonamides is 1. The molecule has 2 aromatic carbocycles. The molecule has 0 aromatic heterocycles. The summed E-state index contributed by atoms with van der Waals surface area (Å²) in [5.74, 6) is -1.27. The number of nitrogens with one attached hydrogen (secondary N) is 1. The van der Waals surface area contributed by atoms with Crippen LogP contribution in [0.4, 0.5) is 18.9 Å². The average molecular weight is 562 g/mol. The lowest BCUT2D eigenvalue weighted by Gasteiger charge is -2.33. The van der Waals surface area contributed by atoms with Crippen molar-refractivity contribution in [3.63, 3.8) is 0 Å². The van der Waals surface area contributed by atoms with Gasteiger partial charge in [-0.25, -0.2) is 8.42 Å². The summed E-state index contributed by atoms with van der Waals surface area (Å²) in [5, 5.41) is 2.51. The van der Waals surface area contributed by atoms with Gasteiger partial charge < -0.3 is 10.2 Å². The van der Waals surface area contributed by atoms with Crippen molar-refractivity contribution >= 4 is 39.1 Å². The van der Waals surface area contributed by atoms with Crippen LogP contribution < -0.4 is 9.62 Å². The topological polar surface area (TPSA) is 86.8 Å². The van der Waals surface area contributed by atoms with Crippen molar-refractivity contribution < 1.29 is 31.2 Å². The number of benzene rings is 2. The van der Waals surface area contributed by atoms with Crippen LogP contribution in [0.15, 0.2) is 42.5 Å². The highest BCUT2D eigenvalue weighted by Gasteiger charge is 2.35. The Bertz CT molecular complexity index is 1260. The summed E-state index contributed by atoms with van der Waals surface area (Å²) in [6.45, 7) is 7.74. The maximum absolute atomic E-state index is 13.6. The Morgan fingerprint density at radius 1 is 1.08 bits per heavy atom. The zero-order valence-electron chi connectivity index (χ0n) is 21.5. The SMILES string of the molecule is Cc1ccccc1CN(C(=O)CN(c1cc(C(F)(F)F)ccc1Cl)S(C)(=O)=O)C(C)C(=O)NC(C)(C)C. The van der Waals surface area contributed by atoms with E-state index in [1.54, 1.807) is 32.9 Å². The van der Waals surface area contributed by atoms with Gasteiger partial charge in [-0.05, 0) is 63.9 Å². The standard InChI is InChI=1S/C25H31ClF3N3O4S/c1-16-9-7-8-10-18(16)14-31(17(2)23(34)30-24(3,4)5)22(33)15-32(37(6,35)36)21-13-19(25(27,28)29)11-12-20(21)26/h7-13,17H,14-15H2,1-6H3,(H,30,34). The van der Waals surface area contributed by atoms with Gasteiger partial charge in [-0.1, -0.05) is 35.9 Å². The molecule has 1 atom stereocenters. The molecular formula is C25H31ClF3N3O4S. The number of rotatable bonds is 8. The van der Waals surface area contributed by atoms with Gasteiger partial charge in [0.05, 0.1) is 22.5 Å². The van der Waals surface area contributed by atoms with E-state index in [0.717, 1.165) is 24.0 Å². The quantitative estimate of drug-likeness (QED) is 0.503. The first-order valence-electron chi connectivity index (χ1n) is 11.3. The van der Waals surface area contributed by atoms with E-state index in [0.29, 0.717) is 15.9 Å². The van der Waals surface area contributed by atoms with Crippen molar-refractivity contribution in [1.82, 2.24) is 10.2 Å². The van der Waals surface area contributed by atoms with Gasteiger partial charge in [0.1, 0.15) is 12.6 Å². The van der Waals surface area contributed by atoms with Gasteiger partial charge in [0, 0.05) is 12.1 Å².